The van der Waals surface area contributed by atoms with Crippen LogP contribution in [-0.2, 0) is 51.6 Å². The number of aryl methyl sites for hydroxylation is 5. The van der Waals surface area contributed by atoms with Gasteiger partial charge in [0.1, 0.15) is 0 Å². The third kappa shape index (κ3) is 8.45. The molecule has 0 fully saturated rings. The Hall–Kier alpha value is -4.94. The molecule has 0 amide bonds. The van der Waals surface area contributed by atoms with Crippen molar-refractivity contribution >= 4 is 0 Å². The van der Waals surface area contributed by atoms with Crippen LogP contribution in [0, 0.1) is 31.6 Å². The summed E-state index contributed by atoms with van der Waals surface area (Å²) in [7, 11) is 0. The number of nitrogens with two attached hydrogens (primary N) is 2. The summed E-state index contributed by atoms with van der Waals surface area (Å²) >= 11 is 0. The molecule has 8 rings (SSSR count). The van der Waals surface area contributed by atoms with Gasteiger partial charge in [-0.05, 0) is 156 Å². The van der Waals surface area contributed by atoms with E-state index in [-0.39, 0.29) is 0 Å². The zero-order valence-electron chi connectivity index (χ0n) is 36.1. The van der Waals surface area contributed by atoms with Crippen molar-refractivity contribution in [3.63, 3.8) is 0 Å². The van der Waals surface area contributed by atoms with Crippen LogP contribution in [0.1, 0.15) is 111 Å². The number of hydrogen-bond acceptors (Lipinski definition) is 10. The first-order valence-electron chi connectivity index (χ1n) is 21.2. The van der Waals surface area contributed by atoms with Gasteiger partial charge in [0.15, 0.2) is 11.4 Å². The molecule has 0 bridgehead atoms. The van der Waals surface area contributed by atoms with Gasteiger partial charge in [-0.3, -0.25) is 9.36 Å². The second-order valence-corrected chi connectivity index (χ2v) is 17.9. The number of nitrogens with zero attached hydrogens (tertiary/aromatic N) is 8. The lowest BCUT2D eigenvalue weighted by Crippen LogP contribution is -2.24. The van der Waals surface area contributed by atoms with Crippen molar-refractivity contribution in [2.75, 3.05) is 13.1 Å². The van der Waals surface area contributed by atoms with Crippen LogP contribution < -0.4 is 11.5 Å². The summed E-state index contributed by atoms with van der Waals surface area (Å²) in [4.78, 5) is 9.44. The van der Waals surface area contributed by atoms with Crippen molar-refractivity contribution in [1.82, 2.24) is 39.8 Å². The van der Waals surface area contributed by atoms with Crippen LogP contribution in [0.15, 0.2) is 39.4 Å². The average molecular weight is 787 g/mol. The molecule has 2 aliphatic carbocycles. The largest absolute Gasteiger partial charge is 0.332 e. The van der Waals surface area contributed by atoms with Crippen molar-refractivity contribution < 1.29 is 9.05 Å². The minimum atomic E-state index is 0.303. The molecule has 4 N–H and O–H groups in total. The third-order valence-corrected chi connectivity index (χ3v) is 12.1. The second-order valence-electron chi connectivity index (χ2n) is 17.9. The molecule has 0 unspecified atom stereocenters. The summed E-state index contributed by atoms with van der Waals surface area (Å²) in [6.45, 7) is 23.0. The van der Waals surface area contributed by atoms with Gasteiger partial charge in [0.2, 0.25) is 11.6 Å². The lowest BCUT2D eigenvalue weighted by atomic mass is 9.76. The van der Waals surface area contributed by atoms with E-state index in [9.17, 15) is 0 Å². The van der Waals surface area contributed by atoms with E-state index in [2.05, 4.69) is 112 Å². The monoisotopic (exact) mass is 787 g/mol. The minimum Gasteiger partial charge on any atom is -0.332 e. The van der Waals surface area contributed by atoms with E-state index < -0.39 is 0 Å². The molecule has 308 valence electrons. The molecule has 58 heavy (non-hydrogen) atoms. The fourth-order valence-corrected chi connectivity index (χ4v) is 8.83. The second kappa shape index (κ2) is 16.7. The molecule has 4 heterocycles. The molecule has 12 nitrogen and oxygen atoms in total. The number of rotatable bonds is 11. The molecule has 0 saturated carbocycles. The SMILES string of the molecule is CCn1nc(-c2nc(-c3cc(C)c(CCCN)c(C)c3)no2)c2c1CC(C)(C)CC2.CCn1nc(-c2nc(-c3ccc(CCN)cc3C)no2)c2c1CC(C)(C)CC2. The van der Waals surface area contributed by atoms with E-state index in [1.807, 2.05) is 0 Å². The first kappa shape index (κ1) is 41.2. The smallest absolute Gasteiger partial charge is 0.279 e. The lowest BCUT2D eigenvalue weighted by molar-refractivity contribution is 0.304. The van der Waals surface area contributed by atoms with E-state index in [4.69, 9.17) is 40.7 Å². The van der Waals surface area contributed by atoms with Crippen LogP contribution in [0.5, 0.6) is 0 Å². The van der Waals surface area contributed by atoms with Gasteiger partial charge in [-0.1, -0.05) is 56.2 Å². The summed E-state index contributed by atoms with van der Waals surface area (Å²) in [6.07, 6.45) is 9.23. The predicted octanol–water partition coefficient (Wildman–Crippen LogP) is 8.59. The highest BCUT2D eigenvalue weighted by Gasteiger charge is 2.34. The number of fused-ring (bicyclic) bond motifs is 2. The zero-order valence-corrected chi connectivity index (χ0v) is 36.1. The molecule has 12 heteroatoms. The normalized spacial score (nSPS) is 15.5. The number of aromatic nitrogens is 8. The Morgan fingerprint density at radius 2 is 1.21 bits per heavy atom. The van der Waals surface area contributed by atoms with Crippen LogP contribution in [0.4, 0.5) is 0 Å². The maximum atomic E-state index is 5.70. The maximum absolute atomic E-state index is 5.70. The molecular weight excluding hydrogens is 725 g/mol. The quantitative estimate of drug-likeness (QED) is 0.130. The van der Waals surface area contributed by atoms with E-state index >= 15 is 0 Å². The van der Waals surface area contributed by atoms with Gasteiger partial charge < -0.3 is 20.5 Å². The molecule has 0 aliphatic heterocycles. The third-order valence-electron chi connectivity index (χ3n) is 12.1. The lowest BCUT2D eigenvalue weighted by Gasteiger charge is -2.30. The summed E-state index contributed by atoms with van der Waals surface area (Å²) in [5.74, 6) is 2.28. The minimum absolute atomic E-state index is 0.303. The molecule has 6 aromatic rings. The fraction of sp³-hybridized carbons (Fsp3) is 0.522. The Morgan fingerprint density at radius 3 is 1.71 bits per heavy atom. The Bertz CT molecular complexity index is 2370. The van der Waals surface area contributed by atoms with E-state index in [0.717, 1.165) is 99.0 Å². The van der Waals surface area contributed by atoms with E-state index in [0.29, 0.717) is 47.3 Å². The van der Waals surface area contributed by atoms with Crippen LogP contribution in [-0.4, -0.2) is 52.9 Å². The van der Waals surface area contributed by atoms with Gasteiger partial charge in [0.25, 0.3) is 11.8 Å². The van der Waals surface area contributed by atoms with Crippen LogP contribution in [0.25, 0.3) is 45.9 Å². The van der Waals surface area contributed by atoms with Gasteiger partial charge in [0.05, 0.1) is 0 Å². The van der Waals surface area contributed by atoms with Gasteiger partial charge in [0, 0.05) is 46.7 Å². The molecule has 0 spiro atoms. The highest BCUT2D eigenvalue weighted by molar-refractivity contribution is 5.65. The predicted molar refractivity (Wildman–Crippen MR) is 229 cm³/mol. The number of hydrogen-bond donors (Lipinski definition) is 2. The standard InChI is InChI=1S/C24H33N5O.C22H29N5O/c1-6-29-20-14-24(4,5)10-9-19(20)21(27-29)23-26-22(28-30-23)17-12-15(2)18(8-7-11-25)16(3)13-17;1-5-27-18-13-22(3,4)10-8-17(18)19(25-27)21-24-20(26-28-21)16-7-6-15(9-11-23)12-14(16)2/h12-13H,6-11,14,25H2,1-5H3;6-7,12H,5,8-11,13,23H2,1-4H3. The van der Waals surface area contributed by atoms with Crippen molar-refractivity contribution in [3.05, 3.63) is 80.7 Å². The fourth-order valence-electron chi connectivity index (χ4n) is 8.83. The van der Waals surface area contributed by atoms with E-state index in [1.54, 1.807) is 0 Å². The average Bonchev–Trinajstić information content (AvgIpc) is 3.99. The van der Waals surface area contributed by atoms with Crippen molar-refractivity contribution in [3.8, 4) is 45.9 Å². The Balaban J connectivity index is 0.000000177. The molecule has 2 aliphatic rings. The summed E-state index contributed by atoms with van der Waals surface area (Å²) in [5, 5.41) is 18.2. The highest BCUT2D eigenvalue weighted by Crippen LogP contribution is 2.41. The van der Waals surface area contributed by atoms with Gasteiger partial charge in [-0.2, -0.15) is 20.2 Å². The Morgan fingerprint density at radius 1 is 0.672 bits per heavy atom. The van der Waals surface area contributed by atoms with Crippen molar-refractivity contribution in [1.29, 1.82) is 0 Å². The zero-order chi connectivity index (χ0) is 41.4. The maximum Gasteiger partial charge on any atom is 0.279 e. The summed E-state index contributed by atoms with van der Waals surface area (Å²) < 4.78 is 15.6. The van der Waals surface area contributed by atoms with Gasteiger partial charge in [-0.25, -0.2) is 0 Å². The van der Waals surface area contributed by atoms with E-state index in [1.165, 1.54) is 44.8 Å². The van der Waals surface area contributed by atoms with Crippen molar-refractivity contribution in [2.45, 2.75) is 133 Å². The molecule has 4 aromatic heterocycles. The molecule has 0 saturated heterocycles. The van der Waals surface area contributed by atoms with Gasteiger partial charge in [-0.15, -0.1) is 0 Å². The molecule has 2 aromatic carbocycles. The Kier molecular flexibility index (Phi) is 11.9. The topological polar surface area (TPSA) is 166 Å². The molecule has 0 atom stereocenters. The number of benzene rings is 2. The summed E-state index contributed by atoms with van der Waals surface area (Å²) in [5.41, 5.74) is 27.0. The Labute approximate surface area is 343 Å². The van der Waals surface area contributed by atoms with Crippen LogP contribution in [0.3, 0.4) is 0 Å². The van der Waals surface area contributed by atoms with Crippen LogP contribution in [0.2, 0.25) is 0 Å². The van der Waals surface area contributed by atoms with Crippen molar-refractivity contribution in [2.24, 2.45) is 22.3 Å². The first-order chi connectivity index (χ1) is 27.7. The molecule has 0 radical (unpaired) electrons. The van der Waals surface area contributed by atoms with Crippen LogP contribution >= 0.6 is 0 Å². The molecular formula is C46H62N10O2. The van der Waals surface area contributed by atoms with Gasteiger partial charge >= 0.3 is 0 Å². The first-order valence-corrected chi connectivity index (χ1v) is 21.2. The summed E-state index contributed by atoms with van der Waals surface area (Å²) in [6, 6.07) is 10.6. The highest BCUT2D eigenvalue weighted by atomic mass is 16.5.